The predicted molar refractivity (Wildman–Crippen MR) is 65.0 cm³/mol. The van der Waals surface area contributed by atoms with Gasteiger partial charge in [-0.05, 0) is 26.7 Å². The Bertz CT molecular complexity index is 304. The van der Waals surface area contributed by atoms with Crippen molar-refractivity contribution in [3.05, 3.63) is 0 Å². The Labute approximate surface area is 95.6 Å². The summed E-state index contributed by atoms with van der Waals surface area (Å²) in [5.74, 6) is 0.512. The van der Waals surface area contributed by atoms with Crippen molar-refractivity contribution in [2.45, 2.75) is 57.0 Å². The first kappa shape index (κ1) is 12.4. The summed E-state index contributed by atoms with van der Waals surface area (Å²) in [6, 6.07) is 0.317. The van der Waals surface area contributed by atoms with Gasteiger partial charge in [0.05, 0.1) is 0 Å². The fraction of sp³-hybridized carbons (Fsp3) is 0.800. The van der Waals surface area contributed by atoms with Crippen molar-refractivity contribution in [1.82, 2.24) is 14.8 Å². The summed E-state index contributed by atoms with van der Waals surface area (Å²) >= 11 is 1.77. The topological polar surface area (TPSA) is 56.7 Å². The van der Waals surface area contributed by atoms with Crippen LogP contribution in [0.1, 0.15) is 46.6 Å². The lowest BCUT2D eigenvalue weighted by Gasteiger charge is -2.15. The number of rotatable bonds is 5. The van der Waals surface area contributed by atoms with E-state index in [4.69, 9.17) is 5.73 Å². The molecule has 1 aromatic rings. The molecular formula is C10H20N4S. The molecule has 0 radical (unpaired) electrons. The van der Waals surface area contributed by atoms with Gasteiger partial charge in [0, 0.05) is 11.3 Å². The van der Waals surface area contributed by atoms with Crippen molar-refractivity contribution >= 4 is 17.7 Å². The number of hydrogen-bond acceptors (Lipinski definition) is 4. The van der Waals surface area contributed by atoms with Crippen LogP contribution < -0.4 is 5.73 Å². The zero-order chi connectivity index (χ0) is 11.4. The second kappa shape index (κ2) is 5.39. The first-order valence-corrected chi connectivity index (χ1v) is 6.35. The van der Waals surface area contributed by atoms with E-state index in [1.807, 2.05) is 4.57 Å². The first-order chi connectivity index (χ1) is 7.10. The Morgan fingerprint density at radius 2 is 1.87 bits per heavy atom. The van der Waals surface area contributed by atoms with Crippen LogP contribution in [0.2, 0.25) is 0 Å². The SMILES string of the molecule is CCC(CC)Sc1nnc(N)n1C(C)C. The maximum atomic E-state index is 5.78. The first-order valence-electron chi connectivity index (χ1n) is 5.47. The van der Waals surface area contributed by atoms with Gasteiger partial charge < -0.3 is 5.73 Å². The fourth-order valence-electron chi connectivity index (χ4n) is 1.46. The third-order valence-electron chi connectivity index (χ3n) is 2.39. The number of thioether (sulfide) groups is 1. The van der Waals surface area contributed by atoms with E-state index in [1.54, 1.807) is 11.8 Å². The lowest BCUT2D eigenvalue weighted by atomic mass is 10.3. The highest BCUT2D eigenvalue weighted by Crippen LogP contribution is 2.29. The van der Waals surface area contributed by atoms with E-state index in [2.05, 4.69) is 37.9 Å². The van der Waals surface area contributed by atoms with Crippen molar-refractivity contribution in [1.29, 1.82) is 0 Å². The second-order valence-electron chi connectivity index (χ2n) is 3.86. The van der Waals surface area contributed by atoms with Gasteiger partial charge in [-0.15, -0.1) is 10.2 Å². The molecule has 0 unspecified atom stereocenters. The van der Waals surface area contributed by atoms with Crippen LogP contribution in [0.25, 0.3) is 0 Å². The number of aromatic nitrogens is 3. The smallest absolute Gasteiger partial charge is 0.222 e. The van der Waals surface area contributed by atoms with E-state index >= 15 is 0 Å². The minimum absolute atomic E-state index is 0.317. The minimum Gasteiger partial charge on any atom is -0.368 e. The summed E-state index contributed by atoms with van der Waals surface area (Å²) < 4.78 is 1.99. The van der Waals surface area contributed by atoms with Crippen molar-refractivity contribution in [2.24, 2.45) is 0 Å². The predicted octanol–water partition coefficient (Wildman–Crippen LogP) is 2.72. The van der Waals surface area contributed by atoms with Gasteiger partial charge in [0.25, 0.3) is 0 Å². The third-order valence-corrected chi connectivity index (χ3v) is 3.88. The zero-order valence-electron chi connectivity index (χ0n) is 9.90. The molecule has 0 fully saturated rings. The molecule has 0 aromatic carbocycles. The van der Waals surface area contributed by atoms with Gasteiger partial charge in [-0.2, -0.15) is 0 Å². The average Bonchev–Trinajstić information content (AvgIpc) is 2.56. The minimum atomic E-state index is 0.317. The molecule has 0 amide bonds. The third kappa shape index (κ3) is 2.87. The van der Waals surface area contributed by atoms with Gasteiger partial charge in [0.1, 0.15) is 0 Å². The van der Waals surface area contributed by atoms with Crippen molar-refractivity contribution in [3.63, 3.8) is 0 Å². The van der Waals surface area contributed by atoms with Crippen LogP contribution in [0.3, 0.4) is 0 Å². The summed E-state index contributed by atoms with van der Waals surface area (Å²) in [4.78, 5) is 0. The summed E-state index contributed by atoms with van der Waals surface area (Å²) in [5.41, 5.74) is 5.78. The van der Waals surface area contributed by atoms with Crippen LogP contribution in [-0.2, 0) is 0 Å². The largest absolute Gasteiger partial charge is 0.368 e. The molecule has 15 heavy (non-hydrogen) atoms. The van der Waals surface area contributed by atoms with Crippen LogP contribution in [0.4, 0.5) is 5.95 Å². The Kier molecular flexibility index (Phi) is 4.45. The lowest BCUT2D eigenvalue weighted by molar-refractivity contribution is 0.555. The van der Waals surface area contributed by atoms with E-state index in [1.165, 1.54) is 0 Å². The van der Waals surface area contributed by atoms with Gasteiger partial charge in [0.15, 0.2) is 5.16 Å². The molecule has 0 saturated heterocycles. The molecule has 5 heteroatoms. The zero-order valence-corrected chi connectivity index (χ0v) is 10.7. The molecule has 0 spiro atoms. The second-order valence-corrected chi connectivity index (χ2v) is 5.13. The fourth-order valence-corrected chi connectivity index (χ4v) is 2.60. The summed E-state index contributed by atoms with van der Waals surface area (Å²) in [5, 5.41) is 9.60. The highest BCUT2D eigenvalue weighted by molar-refractivity contribution is 7.99. The highest BCUT2D eigenvalue weighted by Gasteiger charge is 2.16. The Hall–Kier alpha value is -0.710. The number of nitrogen functional groups attached to an aromatic ring is 1. The standard InChI is InChI=1S/C10H20N4S/c1-5-8(6-2)15-10-13-12-9(11)14(10)7(3)4/h7-8H,5-6H2,1-4H3,(H2,11,12). The van der Waals surface area contributed by atoms with Crippen LogP contribution in [0.5, 0.6) is 0 Å². The normalized spacial score (nSPS) is 11.6. The van der Waals surface area contributed by atoms with Crippen LogP contribution in [0, 0.1) is 0 Å². The molecule has 0 aliphatic rings. The van der Waals surface area contributed by atoms with Gasteiger partial charge in [-0.25, -0.2) is 0 Å². The summed E-state index contributed by atoms with van der Waals surface area (Å²) in [6.45, 7) is 8.58. The van der Waals surface area contributed by atoms with E-state index in [0.29, 0.717) is 17.2 Å². The Morgan fingerprint density at radius 1 is 1.27 bits per heavy atom. The molecular weight excluding hydrogens is 208 g/mol. The monoisotopic (exact) mass is 228 g/mol. The highest BCUT2D eigenvalue weighted by atomic mass is 32.2. The molecule has 2 N–H and O–H groups in total. The summed E-state index contributed by atoms with van der Waals surface area (Å²) in [7, 11) is 0. The molecule has 4 nitrogen and oxygen atoms in total. The molecule has 0 atom stereocenters. The molecule has 0 aliphatic carbocycles. The van der Waals surface area contributed by atoms with E-state index in [-0.39, 0.29) is 0 Å². The van der Waals surface area contributed by atoms with E-state index in [9.17, 15) is 0 Å². The Morgan fingerprint density at radius 3 is 2.33 bits per heavy atom. The molecule has 0 aliphatic heterocycles. The van der Waals surface area contributed by atoms with Gasteiger partial charge in [0.2, 0.25) is 5.95 Å². The van der Waals surface area contributed by atoms with Crippen molar-refractivity contribution in [2.75, 3.05) is 5.73 Å². The maximum Gasteiger partial charge on any atom is 0.222 e. The molecule has 0 bridgehead atoms. The number of anilines is 1. The number of nitrogens with two attached hydrogens (primary N) is 1. The van der Waals surface area contributed by atoms with Crippen LogP contribution in [-0.4, -0.2) is 20.0 Å². The quantitative estimate of drug-likeness (QED) is 0.787. The maximum absolute atomic E-state index is 5.78. The molecule has 0 saturated carbocycles. The van der Waals surface area contributed by atoms with Crippen LogP contribution in [0.15, 0.2) is 5.16 Å². The summed E-state index contributed by atoms with van der Waals surface area (Å²) in [6.07, 6.45) is 2.29. The Balaban J connectivity index is 2.85. The van der Waals surface area contributed by atoms with E-state index in [0.717, 1.165) is 18.0 Å². The van der Waals surface area contributed by atoms with Gasteiger partial charge in [-0.3, -0.25) is 4.57 Å². The molecule has 1 aromatic heterocycles. The molecule has 1 rings (SSSR count). The number of hydrogen-bond donors (Lipinski definition) is 1. The van der Waals surface area contributed by atoms with Crippen LogP contribution >= 0.6 is 11.8 Å². The number of nitrogens with zero attached hydrogens (tertiary/aromatic N) is 3. The van der Waals surface area contributed by atoms with Gasteiger partial charge >= 0.3 is 0 Å². The average molecular weight is 228 g/mol. The lowest BCUT2D eigenvalue weighted by Crippen LogP contribution is -2.09. The van der Waals surface area contributed by atoms with Crippen molar-refractivity contribution in [3.8, 4) is 0 Å². The van der Waals surface area contributed by atoms with Crippen molar-refractivity contribution < 1.29 is 0 Å². The molecule has 86 valence electrons. The molecule has 1 heterocycles. The van der Waals surface area contributed by atoms with E-state index < -0.39 is 0 Å². The van der Waals surface area contributed by atoms with Gasteiger partial charge in [-0.1, -0.05) is 25.6 Å².